The molecule has 0 saturated carbocycles. The number of carboxylic acid groups (broad SMARTS) is 3. The third-order valence-corrected chi connectivity index (χ3v) is 5.62. The molecule has 1 amide bonds. The normalized spacial score (nSPS) is 12.1. The van der Waals surface area contributed by atoms with Crippen molar-refractivity contribution >= 4 is 45.2 Å². The van der Waals surface area contributed by atoms with Crippen molar-refractivity contribution < 1.29 is 62.4 Å². The quantitative estimate of drug-likeness (QED) is 0.240. The van der Waals surface area contributed by atoms with E-state index >= 15 is 0 Å². The fraction of sp³-hybridized carbons (Fsp3) is 0.538. The molecule has 0 bridgehead atoms. The Morgan fingerprint density at radius 1 is 1.10 bits per heavy atom. The minimum atomic E-state index is -4.10. The molecule has 31 heavy (non-hydrogen) atoms. The zero-order valence-corrected chi connectivity index (χ0v) is 20.9. The Kier molecular flexibility index (Phi) is 11.8. The van der Waals surface area contributed by atoms with E-state index in [1.54, 1.807) is 0 Å². The van der Waals surface area contributed by atoms with Gasteiger partial charge in [-0.25, -0.2) is 18.2 Å². The van der Waals surface area contributed by atoms with Crippen molar-refractivity contribution in [2.24, 2.45) is 17.2 Å². The molecule has 3 N–H and O–H groups in total. The van der Waals surface area contributed by atoms with Crippen LogP contribution >= 0.6 is 11.3 Å². The van der Waals surface area contributed by atoms with Gasteiger partial charge in [0.25, 0.3) is 15.9 Å². The van der Waals surface area contributed by atoms with Crippen molar-refractivity contribution in [2.75, 3.05) is 39.3 Å². The molecule has 0 spiro atoms. The standard InChI is InChI=1S/C13H20N6O9S2.Zn/c1-17-12(29-13(16-17)30(14,27)28)15-8(20)4-18(5-9(21)22)2-3-19(6-10(23)24)7-11(25)26;/h2-7H2,1H3,(H,21,22)(H,23,24)(H,25,26)(H2,14,27,28);/q;+2/p-2. The van der Waals surface area contributed by atoms with E-state index in [1.165, 1.54) is 7.05 Å². The van der Waals surface area contributed by atoms with Crippen LogP contribution in [0.15, 0.2) is 9.33 Å². The summed E-state index contributed by atoms with van der Waals surface area (Å²) in [5, 5.41) is 39.0. The Hall–Kier alpha value is -2.11. The molecule has 0 radical (unpaired) electrons. The topological polar surface area (TPSA) is 231 Å². The van der Waals surface area contributed by atoms with E-state index in [-0.39, 0.29) is 37.4 Å². The third-order valence-electron chi connectivity index (χ3n) is 3.31. The largest absolute Gasteiger partial charge is 2.00 e. The molecular formula is C13H18N6O9S2Zn. The molecule has 1 heterocycles. The number of carbonyl (C=O) groups is 4. The van der Waals surface area contributed by atoms with Crippen LogP contribution in [0.1, 0.15) is 0 Å². The monoisotopic (exact) mass is 530 g/mol. The van der Waals surface area contributed by atoms with Gasteiger partial charge in [-0.05, 0) is 0 Å². The van der Waals surface area contributed by atoms with Gasteiger partial charge in [-0.1, -0.05) is 11.3 Å². The van der Waals surface area contributed by atoms with Crippen molar-refractivity contribution in [3.05, 3.63) is 4.80 Å². The number of aliphatic carboxylic acids is 3. The molecule has 168 valence electrons. The van der Waals surface area contributed by atoms with E-state index in [4.69, 9.17) is 10.2 Å². The number of carboxylic acids is 3. The minimum absolute atomic E-state index is 0. The van der Waals surface area contributed by atoms with Crippen LogP contribution in [0.5, 0.6) is 0 Å². The summed E-state index contributed by atoms with van der Waals surface area (Å²) in [5.41, 5.74) is 0. The van der Waals surface area contributed by atoms with Crippen molar-refractivity contribution in [3.8, 4) is 0 Å². The number of primary sulfonamides is 1. The van der Waals surface area contributed by atoms with Gasteiger partial charge in [0.15, 0.2) is 0 Å². The minimum Gasteiger partial charge on any atom is -0.549 e. The molecule has 0 saturated heterocycles. The number of hydrogen-bond acceptors (Lipinski definition) is 12. The molecule has 15 nitrogen and oxygen atoms in total. The number of carbonyl (C=O) groups excluding carboxylic acids is 3. The number of aryl methyl sites for hydroxylation is 1. The number of nitrogens with two attached hydrogens (primary N) is 1. The average Bonchev–Trinajstić information content (AvgIpc) is 2.91. The van der Waals surface area contributed by atoms with Crippen LogP contribution in [0.4, 0.5) is 0 Å². The summed E-state index contributed by atoms with van der Waals surface area (Å²) in [7, 11) is -2.79. The predicted octanol–water partition coefficient (Wildman–Crippen LogP) is -6.26. The third kappa shape index (κ3) is 11.2. The predicted molar refractivity (Wildman–Crippen MR) is 93.6 cm³/mol. The zero-order valence-electron chi connectivity index (χ0n) is 16.3. The van der Waals surface area contributed by atoms with Gasteiger partial charge in [0.2, 0.25) is 9.14 Å². The summed E-state index contributed by atoms with van der Waals surface area (Å²) >= 11 is 0.526. The Morgan fingerprint density at radius 3 is 1.97 bits per heavy atom. The van der Waals surface area contributed by atoms with E-state index in [9.17, 15) is 37.8 Å². The average molecular weight is 532 g/mol. The van der Waals surface area contributed by atoms with Crippen LogP contribution < -0.4 is 20.2 Å². The van der Waals surface area contributed by atoms with Crippen LogP contribution in [0.3, 0.4) is 0 Å². The van der Waals surface area contributed by atoms with Gasteiger partial charge in [0, 0.05) is 33.2 Å². The van der Waals surface area contributed by atoms with Crippen molar-refractivity contribution in [1.82, 2.24) is 19.6 Å². The van der Waals surface area contributed by atoms with E-state index in [0.717, 1.165) is 14.5 Å². The van der Waals surface area contributed by atoms with Gasteiger partial charge in [0.05, 0.1) is 25.0 Å². The Morgan fingerprint density at radius 2 is 1.58 bits per heavy atom. The molecule has 0 aliphatic rings. The molecule has 0 atom stereocenters. The van der Waals surface area contributed by atoms with E-state index in [2.05, 4.69) is 10.1 Å². The van der Waals surface area contributed by atoms with Gasteiger partial charge in [-0.3, -0.25) is 19.4 Å². The van der Waals surface area contributed by atoms with Crippen molar-refractivity contribution in [1.29, 1.82) is 0 Å². The van der Waals surface area contributed by atoms with E-state index < -0.39 is 64.4 Å². The summed E-state index contributed by atoms with van der Waals surface area (Å²) < 4.78 is 23.1. The molecular weight excluding hydrogens is 514 g/mol. The number of hydrogen-bond donors (Lipinski definition) is 2. The van der Waals surface area contributed by atoms with Crippen LogP contribution in [0.25, 0.3) is 0 Å². The van der Waals surface area contributed by atoms with Gasteiger partial charge >= 0.3 is 25.4 Å². The van der Waals surface area contributed by atoms with Crippen LogP contribution in [0, 0.1) is 0 Å². The fourth-order valence-electron chi connectivity index (χ4n) is 2.14. The van der Waals surface area contributed by atoms with Crippen LogP contribution in [-0.2, 0) is 55.7 Å². The maximum atomic E-state index is 12.2. The summed E-state index contributed by atoms with van der Waals surface area (Å²) in [5.74, 6) is -5.23. The number of aromatic nitrogens is 2. The first-order valence-corrected chi connectivity index (χ1v) is 10.3. The van der Waals surface area contributed by atoms with Gasteiger partial charge in [0.1, 0.15) is 0 Å². The Balaban J connectivity index is 0.00000900. The summed E-state index contributed by atoms with van der Waals surface area (Å²) in [6, 6.07) is 0. The molecule has 1 aromatic rings. The van der Waals surface area contributed by atoms with Crippen molar-refractivity contribution in [2.45, 2.75) is 4.34 Å². The molecule has 1 aromatic heterocycles. The smallest absolute Gasteiger partial charge is 0.549 e. The summed E-state index contributed by atoms with van der Waals surface area (Å²) in [6.07, 6.45) is 0. The maximum Gasteiger partial charge on any atom is 2.00 e. The molecule has 0 fully saturated rings. The second-order valence-corrected chi connectivity index (χ2v) is 8.57. The first-order valence-electron chi connectivity index (χ1n) is 7.98. The van der Waals surface area contributed by atoms with E-state index in [0.29, 0.717) is 11.3 Å². The second kappa shape index (κ2) is 12.7. The maximum absolute atomic E-state index is 12.2. The van der Waals surface area contributed by atoms with Gasteiger partial charge in [-0.2, -0.15) is 4.99 Å². The van der Waals surface area contributed by atoms with E-state index in [1.807, 2.05) is 0 Å². The van der Waals surface area contributed by atoms with Crippen molar-refractivity contribution in [3.63, 3.8) is 0 Å². The SMILES string of the molecule is Cn1nc(S(N)(=O)=O)sc1=NC(=O)CN(CCN(CC(=O)[O-])CC(=O)O)CC(=O)[O-].[Zn+2]. The first kappa shape index (κ1) is 28.9. The first-order chi connectivity index (χ1) is 13.8. The molecule has 1 rings (SSSR count). The number of rotatable bonds is 12. The number of amides is 1. The van der Waals surface area contributed by atoms with Gasteiger partial charge in [-0.15, -0.1) is 5.10 Å². The number of sulfonamides is 1. The molecule has 0 aliphatic heterocycles. The Labute approximate surface area is 192 Å². The fourth-order valence-corrected chi connectivity index (χ4v) is 3.70. The van der Waals surface area contributed by atoms with Crippen LogP contribution in [-0.4, -0.2) is 96.2 Å². The van der Waals surface area contributed by atoms with Crippen LogP contribution in [0.2, 0.25) is 0 Å². The summed E-state index contributed by atoms with van der Waals surface area (Å²) in [6.45, 7) is -3.03. The Bertz CT molecular complexity index is 974. The second-order valence-electron chi connectivity index (χ2n) is 5.88. The van der Waals surface area contributed by atoms with Gasteiger partial charge < -0.3 is 24.9 Å². The molecule has 0 aliphatic carbocycles. The zero-order chi connectivity index (χ0) is 23.1. The molecule has 18 heteroatoms. The molecule has 0 aromatic carbocycles. The molecule has 0 unspecified atom stereocenters. The summed E-state index contributed by atoms with van der Waals surface area (Å²) in [4.78, 5) is 50.2. The number of nitrogens with zero attached hydrogens (tertiary/aromatic N) is 5.